The van der Waals surface area contributed by atoms with Crippen LogP contribution in [0.3, 0.4) is 0 Å². The average Bonchev–Trinajstić information content (AvgIpc) is 3.50. The first-order chi connectivity index (χ1) is 15.4. The van der Waals surface area contributed by atoms with Crippen molar-refractivity contribution < 1.29 is 19.1 Å². The highest BCUT2D eigenvalue weighted by Crippen LogP contribution is 2.40. The Balaban J connectivity index is 1.62. The number of anilines is 2. The largest absolute Gasteiger partial charge is 0.465 e. The third-order valence-corrected chi connectivity index (χ3v) is 6.30. The zero-order valence-corrected chi connectivity index (χ0v) is 17.4. The summed E-state index contributed by atoms with van der Waals surface area (Å²) < 4.78 is 14.8. The predicted octanol–water partition coefficient (Wildman–Crippen LogP) is 3.49. The van der Waals surface area contributed by atoms with E-state index in [0.29, 0.717) is 24.4 Å². The van der Waals surface area contributed by atoms with Gasteiger partial charge in [0.15, 0.2) is 5.82 Å². The molecule has 0 radical (unpaired) electrons. The molecule has 2 fully saturated rings. The van der Waals surface area contributed by atoms with Crippen LogP contribution in [0, 0.1) is 29.0 Å². The van der Waals surface area contributed by atoms with Crippen molar-refractivity contribution in [2.75, 3.05) is 11.9 Å². The minimum atomic E-state index is -1.03. The monoisotopic (exact) mass is 440 g/mol. The SMILES string of the molecule is N#C[C@@H]1C(CCC2CC2)N(C(=O)O)CC[C@H]1n1cc(C(N)=O)c(Nc2ccc(F)cc2)n1. The number of nitrogens with zero attached hydrogens (tertiary/aromatic N) is 4. The Morgan fingerprint density at radius 1 is 1.25 bits per heavy atom. The van der Waals surface area contributed by atoms with E-state index in [9.17, 15) is 24.3 Å². The van der Waals surface area contributed by atoms with Gasteiger partial charge in [0.1, 0.15) is 11.4 Å². The maximum absolute atomic E-state index is 13.2. The average molecular weight is 440 g/mol. The number of carbonyl (C=O) groups excluding carboxylic acids is 1. The molecule has 2 heterocycles. The second kappa shape index (κ2) is 8.86. The Labute approximate surface area is 184 Å². The Kier molecular flexibility index (Phi) is 5.99. The van der Waals surface area contributed by atoms with Crippen molar-refractivity contribution in [3.05, 3.63) is 41.8 Å². The van der Waals surface area contributed by atoms with Gasteiger partial charge in [0.05, 0.1) is 24.1 Å². The molecule has 1 unspecified atom stereocenters. The summed E-state index contributed by atoms with van der Waals surface area (Å²) in [5.41, 5.74) is 6.20. The zero-order chi connectivity index (χ0) is 22.8. The highest BCUT2D eigenvalue weighted by atomic mass is 19.1. The predicted molar refractivity (Wildman–Crippen MR) is 114 cm³/mol. The van der Waals surface area contributed by atoms with Crippen LogP contribution in [0.15, 0.2) is 30.5 Å². The number of nitrogens with one attached hydrogen (secondary N) is 1. The van der Waals surface area contributed by atoms with Crippen LogP contribution in [0.2, 0.25) is 0 Å². The van der Waals surface area contributed by atoms with E-state index in [4.69, 9.17) is 5.73 Å². The Morgan fingerprint density at radius 2 is 1.97 bits per heavy atom. The minimum absolute atomic E-state index is 0.140. The number of nitrogens with two attached hydrogens (primary N) is 1. The van der Waals surface area contributed by atoms with Gasteiger partial charge in [-0.3, -0.25) is 9.48 Å². The van der Waals surface area contributed by atoms with Gasteiger partial charge in [-0.05, 0) is 49.4 Å². The summed E-state index contributed by atoms with van der Waals surface area (Å²) in [5.74, 6) is -0.880. The Hall–Kier alpha value is -3.61. The molecule has 4 N–H and O–H groups in total. The molecule has 1 aliphatic heterocycles. The van der Waals surface area contributed by atoms with Gasteiger partial charge < -0.3 is 21.1 Å². The maximum atomic E-state index is 13.2. The highest BCUT2D eigenvalue weighted by molar-refractivity contribution is 5.98. The fourth-order valence-electron chi connectivity index (χ4n) is 4.43. The molecule has 1 saturated carbocycles. The summed E-state index contributed by atoms with van der Waals surface area (Å²) in [7, 11) is 0. The molecule has 3 atom stereocenters. The van der Waals surface area contributed by atoms with Gasteiger partial charge in [-0.15, -0.1) is 0 Å². The van der Waals surface area contributed by atoms with E-state index < -0.39 is 35.8 Å². The number of benzene rings is 1. The zero-order valence-electron chi connectivity index (χ0n) is 17.4. The first kappa shape index (κ1) is 21.6. The lowest BCUT2D eigenvalue weighted by molar-refractivity contribution is 0.0616. The van der Waals surface area contributed by atoms with Crippen molar-refractivity contribution in [3.8, 4) is 6.07 Å². The van der Waals surface area contributed by atoms with Crippen LogP contribution in [0.5, 0.6) is 0 Å². The quantitative estimate of drug-likeness (QED) is 0.603. The van der Waals surface area contributed by atoms with Crippen molar-refractivity contribution >= 4 is 23.5 Å². The first-order valence-corrected chi connectivity index (χ1v) is 10.7. The van der Waals surface area contributed by atoms with Gasteiger partial charge in [0.25, 0.3) is 5.91 Å². The Bertz CT molecular complexity index is 1040. The number of hydrogen-bond donors (Lipinski definition) is 3. The molecule has 2 aromatic rings. The molecule has 0 bridgehead atoms. The van der Waals surface area contributed by atoms with E-state index in [-0.39, 0.29) is 17.9 Å². The van der Waals surface area contributed by atoms with E-state index in [1.165, 1.54) is 35.4 Å². The van der Waals surface area contributed by atoms with Crippen LogP contribution in [-0.4, -0.2) is 44.4 Å². The van der Waals surface area contributed by atoms with Crippen LogP contribution in [0.4, 0.5) is 20.7 Å². The summed E-state index contributed by atoms with van der Waals surface area (Å²) in [6.07, 6.45) is 4.68. The van der Waals surface area contributed by atoms with Gasteiger partial charge in [-0.1, -0.05) is 12.8 Å². The number of nitriles is 1. The number of halogens is 1. The molecule has 2 amide bonds. The second-order valence-electron chi connectivity index (χ2n) is 8.44. The first-order valence-electron chi connectivity index (χ1n) is 10.7. The van der Waals surface area contributed by atoms with Crippen molar-refractivity contribution in [3.63, 3.8) is 0 Å². The highest BCUT2D eigenvalue weighted by Gasteiger charge is 2.42. The van der Waals surface area contributed by atoms with Gasteiger partial charge in [-0.2, -0.15) is 10.4 Å². The van der Waals surface area contributed by atoms with E-state index in [1.54, 1.807) is 4.68 Å². The number of rotatable bonds is 7. The third kappa shape index (κ3) is 4.51. The molecule has 4 rings (SSSR count). The summed E-state index contributed by atoms with van der Waals surface area (Å²) in [4.78, 5) is 25.2. The van der Waals surface area contributed by atoms with Crippen molar-refractivity contribution in [1.82, 2.24) is 14.7 Å². The molecule has 0 spiro atoms. The minimum Gasteiger partial charge on any atom is -0.465 e. The molecule has 1 saturated heterocycles. The second-order valence-corrected chi connectivity index (χ2v) is 8.44. The van der Waals surface area contributed by atoms with Gasteiger partial charge in [0, 0.05) is 18.4 Å². The van der Waals surface area contributed by atoms with Crippen LogP contribution in [0.1, 0.15) is 48.5 Å². The van der Waals surface area contributed by atoms with E-state index in [0.717, 1.165) is 19.3 Å². The van der Waals surface area contributed by atoms with E-state index in [1.807, 2.05) is 0 Å². The molecule has 1 aromatic carbocycles. The number of aromatic nitrogens is 2. The third-order valence-electron chi connectivity index (χ3n) is 6.30. The molecule has 1 aromatic heterocycles. The summed E-state index contributed by atoms with van der Waals surface area (Å²) >= 11 is 0. The van der Waals surface area contributed by atoms with E-state index in [2.05, 4.69) is 16.5 Å². The molecular formula is C22H25FN6O3. The standard InChI is InChI=1S/C22H25FN6O3/c23-14-4-6-15(7-5-14)26-21-17(20(25)30)12-29(27-21)19-9-10-28(22(31)32)18(16(19)11-24)8-3-13-1-2-13/h4-7,12-13,16,18-19H,1-3,8-10H2,(H2,25,30)(H,26,27)(H,31,32)/t16-,18?,19-/m1/s1. The lowest BCUT2D eigenvalue weighted by Gasteiger charge is -2.41. The molecule has 2 aliphatic rings. The molecule has 1 aliphatic carbocycles. The number of primary amides is 1. The van der Waals surface area contributed by atoms with E-state index >= 15 is 0 Å². The normalized spacial score (nSPS) is 22.9. The van der Waals surface area contributed by atoms with Crippen LogP contribution >= 0.6 is 0 Å². The number of likely N-dealkylation sites (tertiary alicyclic amines) is 1. The summed E-state index contributed by atoms with van der Waals surface area (Å²) in [6.45, 7) is 0.278. The molecule has 10 heteroatoms. The van der Waals surface area contributed by atoms with Crippen molar-refractivity contribution in [2.45, 2.75) is 44.2 Å². The topological polar surface area (TPSA) is 137 Å². The molecule has 32 heavy (non-hydrogen) atoms. The fourth-order valence-corrected chi connectivity index (χ4v) is 4.43. The number of carboxylic acid groups (broad SMARTS) is 1. The number of piperidine rings is 1. The summed E-state index contributed by atoms with van der Waals surface area (Å²) in [6, 6.07) is 7.04. The molecule has 9 nitrogen and oxygen atoms in total. The van der Waals surface area contributed by atoms with Crippen LogP contribution in [0.25, 0.3) is 0 Å². The van der Waals surface area contributed by atoms with Gasteiger partial charge in [-0.25, -0.2) is 9.18 Å². The lowest BCUT2D eigenvalue weighted by Crippen LogP contribution is -2.51. The van der Waals surface area contributed by atoms with Crippen molar-refractivity contribution in [2.24, 2.45) is 17.6 Å². The van der Waals surface area contributed by atoms with Crippen LogP contribution in [-0.2, 0) is 0 Å². The van der Waals surface area contributed by atoms with Crippen LogP contribution < -0.4 is 11.1 Å². The number of carbonyl (C=O) groups is 2. The molecule has 168 valence electrons. The molecular weight excluding hydrogens is 415 g/mol. The van der Waals surface area contributed by atoms with Crippen molar-refractivity contribution in [1.29, 1.82) is 5.26 Å². The number of amides is 2. The number of hydrogen-bond acceptors (Lipinski definition) is 5. The fraction of sp³-hybridized carbons (Fsp3) is 0.455. The Morgan fingerprint density at radius 3 is 2.56 bits per heavy atom. The summed E-state index contributed by atoms with van der Waals surface area (Å²) in [5, 5.41) is 27.1. The van der Waals surface area contributed by atoms with Gasteiger partial charge >= 0.3 is 6.09 Å². The lowest BCUT2D eigenvalue weighted by atomic mass is 9.83. The maximum Gasteiger partial charge on any atom is 0.407 e. The smallest absolute Gasteiger partial charge is 0.407 e. The van der Waals surface area contributed by atoms with Gasteiger partial charge in [0.2, 0.25) is 0 Å².